The van der Waals surface area contributed by atoms with E-state index in [4.69, 9.17) is 17.0 Å². The van der Waals surface area contributed by atoms with Crippen LogP contribution in [0.4, 0.5) is 5.69 Å². The number of hydrogen-bond acceptors (Lipinski definition) is 6. The summed E-state index contributed by atoms with van der Waals surface area (Å²) in [5, 5.41) is 12.5. The SMILES string of the molecule is COc1ccccc1NCN1C(=O)/C(=C/c2ccc(O)cc2)SC1=S. The minimum absolute atomic E-state index is 0.148. The van der Waals surface area contributed by atoms with Crippen LogP contribution < -0.4 is 10.1 Å². The Bertz CT molecular complexity index is 834. The van der Waals surface area contributed by atoms with E-state index in [1.165, 1.54) is 16.7 Å². The molecule has 1 amide bonds. The summed E-state index contributed by atoms with van der Waals surface area (Å²) in [4.78, 5) is 14.7. The minimum atomic E-state index is -0.148. The smallest absolute Gasteiger partial charge is 0.267 e. The van der Waals surface area contributed by atoms with E-state index in [0.29, 0.717) is 15.0 Å². The molecule has 0 aliphatic carbocycles. The fourth-order valence-electron chi connectivity index (χ4n) is 2.31. The Labute approximate surface area is 155 Å². The molecular formula is C18H16N2O3S2. The van der Waals surface area contributed by atoms with Gasteiger partial charge in [0.1, 0.15) is 15.8 Å². The zero-order valence-electron chi connectivity index (χ0n) is 13.4. The average Bonchev–Trinajstić information content (AvgIpc) is 2.89. The molecule has 0 atom stereocenters. The molecule has 2 N–H and O–H groups in total. The van der Waals surface area contributed by atoms with Crippen LogP contribution in [0.5, 0.6) is 11.5 Å². The van der Waals surface area contributed by atoms with Crippen molar-refractivity contribution in [1.82, 2.24) is 4.90 Å². The van der Waals surface area contributed by atoms with Crippen LogP contribution in [-0.2, 0) is 4.79 Å². The fraction of sp³-hybridized carbons (Fsp3) is 0.111. The summed E-state index contributed by atoms with van der Waals surface area (Å²) >= 11 is 6.59. The summed E-state index contributed by atoms with van der Waals surface area (Å²) in [6.45, 7) is 0.262. The van der Waals surface area contributed by atoms with Gasteiger partial charge in [0.15, 0.2) is 0 Å². The number of hydrogen-bond donors (Lipinski definition) is 2. The quantitative estimate of drug-likeness (QED) is 0.617. The van der Waals surface area contributed by atoms with Gasteiger partial charge in [0.2, 0.25) is 0 Å². The van der Waals surface area contributed by atoms with E-state index >= 15 is 0 Å². The second-order valence-corrected chi connectivity index (χ2v) is 6.91. The summed E-state index contributed by atoms with van der Waals surface area (Å²) < 4.78 is 5.79. The van der Waals surface area contributed by atoms with Gasteiger partial charge in [-0.05, 0) is 35.9 Å². The van der Waals surface area contributed by atoms with Crippen LogP contribution in [0.1, 0.15) is 5.56 Å². The first-order chi connectivity index (χ1) is 12.1. The van der Waals surface area contributed by atoms with Crippen LogP contribution in [0.3, 0.4) is 0 Å². The van der Waals surface area contributed by atoms with E-state index in [2.05, 4.69) is 5.32 Å². The van der Waals surface area contributed by atoms with E-state index in [1.54, 1.807) is 37.5 Å². The van der Waals surface area contributed by atoms with E-state index < -0.39 is 0 Å². The molecule has 0 spiro atoms. The number of methoxy groups -OCH3 is 1. The molecule has 1 fully saturated rings. The minimum Gasteiger partial charge on any atom is -0.508 e. The van der Waals surface area contributed by atoms with E-state index in [0.717, 1.165) is 11.3 Å². The summed E-state index contributed by atoms with van der Waals surface area (Å²) in [5.74, 6) is 0.740. The molecule has 5 nitrogen and oxygen atoms in total. The Morgan fingerprint density at radius 1 is 1.24 bits per heavy atom. The van der Waals surface area contributed by atoms with Gasteiger partial charge in [-0.25, -0.2) is 0 Å². The Morgan fingerprint density at radius 3 is 2.68 bits per heavy atom. The predicted molar refractivity (Wildman–Crippen MR) is 105 cm³/mol. The second kappa shape index (κ2) is 7.58. The number of carbonyl (C=O) groups excluding carboxylic acids is 1. The van der Waals surface area contributed by atoms with Crippen LogP contribution in [0.2, 0.25) is 0 Å². The lowest BCUT2D eigenvalue weighted by Crippen LogP contribution is -2.33. The third-order valence-electron chi connectivity index (χ3n) is 3.60. The fourth-order valence-corrected chi connectivity index (χ4v) is 3.57. The third kappa shape index (κ3) is 3.94. The molecule has 0 aromatic heterocycles. The molecule has 0 saturated carbocycles. The summed E-state index contributed by atoms with van der Waals surface area (Å²) in [7, 11) is 1.60. The van der Waals surface area contributed by atoms with Crippen LogP contribution in [0.25, 0.3) is 6.08 Å². The molecule has 0 bridgehead atoms. The number of thioether (sulfide) groups is 1. The number of thiocarbonyl (C=S) groups is 1. The van der Waals surface area contributed by atoms with Crippen molar-refractivity contribution in [3.8, 4) is 11.5 Å². The molecule has 1 heterocycles. The predicted octanol–water partition coefficient (Wildman–Crippen LogP) is 3.67. The molecule has 3 rings (SSSR count). The van der Waals surface area contributed by atoms with Crippen LogP contribution in [0, 0.1) is 0 Å². The zero-order chi connectivity index (χ0) is 17.8. The van der Waals surface area contributed by atoms with Gasteiger partial charge in [-0.1, -0.05) is 48.2 Å². The number of benzene rings is 2. The number of phenolic OH excluding ortho intramolecular Hbond substituents is 1. The topological polar surface area (TPSA) is 61.8 Å². The number of nitrogens with zero attached hydrogens (tertiary/aromatic N) is 1. The summed E-state index contributed by atoms with van der Waals surface area (Å²) in [6, 6.07) is 14.1. The number of ether oxygens (including phenoxy) is 1. The van der Waals surface area contributed by atoms with Crippen molar-refractivity contribution < 1.29 is 14.6 Å². The number of carbonyl (C=O) groups is 1. The Kier molecular flexibility index (Phi) is 5.25. The van der Waals surface area contributed by atoms with Gasteiger partial charge in [-0.3, -0.25) is 9.69 Å². The Morgan fingerprint density at radius 2 is 1.96 bits per heavy atom. The third-order valence-corrected chi connectivity index (χ3v) is 4.98. The molecule has 0 unspecified atom stereocenters. The number of para-hydroxylation sites is 2. The Hall–Kier alpha value is -2.51. The van der Waals surface area contributed by atoms with Gasteiger partial charge in [-0.15, -0.1) is 0 Å². The van der Waals surface area contributed by atoms with Crippen LogP contribution in [-0.4, -0.2) is 34.0 Å². The molecule has 25 heavy (non-hydrogen) atoms. The van der Waals surface area contributed by atoms with Gasteiger partial charge < -0.3 is 15.2 Å². The number of anilines is 1. The average molecular weight is 372 g/mol. The molecule has 128 valence electrons. The standard InChI is InChI=1S/C18H16N2O3S2/c1-23-15-5-3-2-4-14(15)19-11-20-17(22)16(25-18(20)24)10-12-6-8-13(21)9-7-12/h2-10,19,21H,11H2,1H3/b16-10-. The molecule has 7 heteroatoms. The van der Waals surface area contributed by atoms with Crippen molar-refractivity contribution in [3.05, 3.63) is 59.0 Å². The molecule has 0 radical (unpaired) electrons. The lowest BCUT2D eigenvalue weighted by molar-refractivity contribution is -0.121. The van der Waals surface area contributed by atoms with Gasteiger partial charge in [0.05, 0.1) is 24.4 Å². The highest BCUT2D eigenvalue weighted by atomic mass is 32.2. The highest BCUT2D eigenvalue weighted by Gasteiger charge is 2.31. The number of phenols is 1. The van der Waals surface area contributed by atoms with Crippen molar-refractivity contribution in [2.24, 2.45) is 0 Å². The molecule has 1 saturated heterocycles. The maximum Gasteiger partial charge on any atom is 0.267 e. The first kappa shape index (κ1) is 17.3. The number of rotatable bonds is 5. The first-order valence-electron chi connectivity index (χ1n) is 7.50. The Balaban J connectivity index is 1.72. The van der Waals surface area contributed by atoms with E-state index in [-0.39, 0.29) is 18.3 Å². The van der Waals surface area contributed by atoms with Gasteiger partial charge in [0, 0.05) is 0 Å². The lowest BCUT2D eigenvalue weighted by atomic mass is 10.2. The molecule has 1 aliphatic rings. The van der Waals surface area contributed by atoms with Crippen molar-refractivity contribution in [3.63, 3.8) is 0 Å². The van der Waals surface area contributed by atoms with Crippen LogP contribution in [0.15, 0.2) is 53.4 Å². The summed E-state index contributed by atoms with van der Waals surface area (Å²) in [5.41, 5.74) is 1.62. The van der Waals surface area contributed by atoms with Gasteiger partial charge in [0.25, 0.3) is 5.91 Å². The largest absolute Gasteiger partial charge is 0.508 e. The zero-order valence-corrected chi connectivity index (χ0v) is 15.1. The highest BCUT2D eigenvalue weighted by molar-refractivity contribution is 8.26. The van der Waals surface area contributed by atoms with Gasteiger partial charge >= 0.3 is 0 Å². The number of nitrogens with one attached hydrogen (secondary N) is 1. The second-order valence-electron chi connectivity index (χ2n) is 5.24. The molecule has 1 aliphatic heterocycles. The van der Waals surface area contributed by atoms with Crippen LogP contribution >= 0.6 is 24.0 Å². The van der Waals surface area contributed by atoms with Crippen molar-refractivity contribution in [2.75, 3.05) is 19.1 Å². The summed E-state index contributed by atoms with van der Waals surface area (Å²) in [6.07, 6.45) is 1.77. The molecular weight excluding hydrogens is 356 g/mol. The van der Waals surface area contributed by atoms with E-state index in [1.807, 2.05) is 24.3 Å². The lowest BCUT2D eigenvalue weighted by Gasteiger charge is -2.17. The van der Waals surface area contributed by atoms with Crippen molar-refractivity contribution in [1.29, 1.82) is 0 Å². The molecule has 2 aromatic rings. The van der Waals surface area contributed by atoms with E-state index in [9.17, 15) is 9.90 Å². The van der Waals surface area contributed by atoms with Gasteiger partial charge in [-0.2, -0.15) is 0 Å². The number of aromatic hydroxyl groups is 1. The number of amides is 1. The molecule has 2 aromatic carbocycles. The maximum absolute atomic E-state index is 12.6. The van der Waals surface area contributed by atoms with Crippen molar-refractivity contribution >= 4 is 46.0 Å². The maximum atomic E-state index is 12.6. The highest BCUT2D eigenvalue weighted by Crippen LogP contribution is 2.33. The van der Waals surface area contributed by atoms with Crippen molar-refractivity contribution in [2.45, 2.75) is 0 Å². The normalized spacial score (nSPS) is 15.7. The first-order valence-corrected chi connectivity index (χ1v) is 8.72. The monoisotopic (exact) mass is 372 g/mol.